The molecule has 5 amide bonds. The second kappa shape index (κ2) is 10.9. The van der Waals surface area contributed by atoms with E-state index < -0.39 is 41.9 Å². The molecule has 0 saturated carbocycles. The highest BCUT2D eigenvalue weighted by molar-refractivity contribution is 6.23. The second-order valence-electron chi connectivity index (χ2n) is 7.72. The number of rotatable bonds is 11. The fourth-order valence-corrected chi connectivity index (χ4v) is 3.63. The quantitative estimate of drug-likeness (QED) is 0.184. The van der Waals surface area contributed by atoms with Crippen LogP contribution in [0, 0.1) is 0 Å². The molecule has 0 radical (unpaired) electrons. The summed E-state index contributed by atoms with van der Waals surface area (Å²) in [5.74, 6) is -3.34. The molecule has 0 spiro atoms. The van der Waals surface area contributed by atoms with E-state index in [9.17, 15) is 28.8 Å². The Kier molecular flexibility index (Phi) is 7.91. The third-order valence-corrected chi connectivity index (χ3v) is 5.35. The summed E-state index contributed by atoms with van der Waals surface area (Å²) in [7, 11) is 1.83. The Morgan fingerprint density at radius 2 is 2.00 bits per heavy atom. The van der Waals surface area contributed by atoms with Gasteiger partial charge >= 0.3 is 12.2 Å². The van der Waals surface area contributed by atoms with Gasteiger partial charge in [0, 0.05) is 32.6 Å². The van der Waals surface area contributed by atoms with Gasteiger partial charge in [-0.05, 0) is 31.7 Å². The number of amides is 5. The molecule has 3 rings (SSSR count). The van der Waals surface area contributed by atoms with Crippen LogP contribution in [0.2, 0.25) is 0 Å². The summed E-state index contributed by atoms with van der Waals surface area (Å²) in [6.07, 6.45) is -1.61. The molecule has 0 aromatic heterocycles. The second-order valence-corrected chi connectivity index (χ2v) is 7.72. The zero-order valence-electron chi connectivity index (χ0n) is 18.4. The maximum atomic E-state index is 12.9. The van der Waals surface area contributed by atoms with E-state index >= 15 is 0 Å². The largest absolute Gasteiger partial charge is 0.446 e. The van der Waals surface area contributed by atoms with Crippen molar-refractivity contribution in [1.29, 1.82) is 0 Å². The van der Waals surface area contributed by atoms with Crippen LogP contribution in [-0.2, 0) is 23.9 Å². The van der Waals surface area contributed by atoms with Crippen LogP contribution in [0.15, 0.2) is 18.2 Å². The van der Waals surface area contributed by atoms with Crippen LogP contribution in [0.5, 0.6) is 5.75 Å². The lowest BCUT2D eigenvalue weighted by atomic mass is 10.0. The number of fused-ring (bicyclic) bond motifs is 1. The smallest absolute Gasteiger partial charge is 0.323 e. The first-order valence-corrected chi connectivity index (χ1v) is 10.5. The Morgan fingerprint density at radius 1 is 1.26 bits per heavy atom. The highest BCUT2D eigenvalue weighted by Crippen LogP contribution is 2.30. The van der Waals surface area contributed by atoms with E-state index in [4.69, 9.17) is 15.2 Å². The molecule has 0 aliphatic carbocycles. The number of piperidine rings is 1. The number of imide groups is 2. The number of nitrogens with one attached hydrogen (secondary N) is 2. The van der Waals surface area contributed by atoms with E-state index in [-0.39, 0.29) is 42.7 Å². The van der Waals surface area contributed by atoms with Crippen LogP contribution < -0.4 is 21.1 Å². The Balaban J connectivity index is 1.70. The van der Waals surface area contributed by atoms with Crippen LogP contribution >= 0.6 is 0 Å². The summed E-state index contributed by atoms with van der Waals surface area (Å²) in [6.45, 7) is 1.90. The molecule has 1 aromatic rings. The molecular formula is C21H25N5O8. The van der Waals surface area contributed by atoms with E-state index in [0.29, 0.717) is 19.6 Å². The number of nitrogens with two attached hydrogens (primary N) is 1. The van der Waals surface area contributed by atoms with Gasteiger partial charge in [-0.1, -0.05) is 0 Å². The van der Waals surface area contributed by atoms with Crippen molar-refractivity contribution in [3.63, 3.8) is 0 Å². The Morgan fingerprint density at radius 3 is 2.68 bits per heavy atom. The van der Waals surface area contributed by atoms with E-state index in [2.05, 4.69) is 10.6 Å². The third kappa shape index (κ3) is 5.38. The van der Waals surface area contributed by atoms with Crippen LogP contribution in [0.25, 0.3) is 0 Å². The fraction of sp³-hybridized carbons (Fsp3) is 0.429. The molecule has 182 valence electrons. The third-order valence-electron chi connectivity index (χ3n) is 5.35. The average Bonchev–Trinajstić information content (AvgIpc) is 3.03. The normalized spacial score (nSPS) is 18.4. The minimum Gasteiger partial charge on any atom is -0.446 e. The Labute approximate surface area is 194 Å². The summed E-state index contributed by atoms with van der Waals surface area (Å²) in [5, 5.41) is 4.69. The fourth-order valence-electron chi connectivity index (χ4n) is 3.63. The molecule has 0 bridgehead atoms. The zero-order chi connectivity index (χ0) is 24.8. The predicted molar refractivity (Wildman–Crippen MR) is 114 cm³/mol. The van der Waals surface area contributed by atoms with Gasteiger partial charge in [0.2, 0.25) is 11.8 Å². The van der Waals surface area contributed by atoms with Gasteiger partial charge in [-0.15, -0.1) is 0 Å². The van der Waals surface area contributed by atoms with Crippen LogP contribution in [0.1, 0.15) is 33.6 Å². The number of carbonyl (C=O) groups is 6. The highest BCUT2D eigenvalue weighted by atomic mass is 16.7. The number of hydrogen-bond acceptors (Lipinski definition) is 10. The van der Waals surface area contributed by atoms with Crippen molar-refractivity contribution in [2.24, 2.45) is 5.73 Å². The van der Waals surface area contributed by atoms with E-state index in [1.165, 1.54) is 18.2 Å². The molecule has 4 N–H and O–H groups in total. The van der Waals surface area contributed by atoms with Crippen LogP contribution in [0.3, 0.4) is 0 Å². The van der Waals surface area contributed by atoms with Crippen molar-refractivity contribution >= 4 is 36.0 Å². The van der Waals surface area contributed by atoms with Gasteiger partial charge in [0.1, 0.15) is 11.8 Å². The number of ether oxygens (including phenoxy) is 2. The van der Waals surface area contributed by atoms with E-state index in [0.717, 1.165) is 4.90 Å². The summed E-state index contributed by atoms with van der Waals surface area (Å²) in [4.78, 5) is 75.1. The van der Waals surface area contributed by atoms with Crippen LogP contribution in [0.4, 0.5) is 0 Å². The number of carbonyl (C=O) groups excluding carboxylic acids is 6. The number of likely N-dealkylation sites (N-methyl/N-ethyl adjacent to an activating group) is 1. The molecule has 2 aliphatic heterocycles. The minimum atomic E-state index is -1.63. The molecule has 2 heterocycles. The predicted octanol–water partition coefficient (Wildman–Crippen LogP) is -2.03. The van der Waals surface area contributed by atoms with Gasteiger partial charge < -0.3 is 25.4 Å². The molecular weight excluding hydrogens is 450 g/mol. The molecule has 2 aliphatic rings. The van der Waals surface area contributed by atoms with Crippen molar-refractivity contribution in [3.05, 3.63) is 29.3 Å². The van der Waals surface area contributed by atoms with Crippen molar-refractivity contribution in [2.45, 2.75) is 25.2 Å². The zero-order valence-corrected chi connectivity index (χ0v) is 18.4. The van der Waals surface area contributed by atoms with Gasteiger partial charge in [0.05, 0.1) is 11.1 Å². The summed E-state index contributed by atoms with van der Waals surface area (Å²) < 4.78 is 10.2. The van der Waals surface area contributed by atoms with Crippen molar-refractivity contribution in [3.8, 4) is 5.75 Å². The molecule has 1 fully saturated rings. The lowest BCUT2D eigenvalue weighted by Crippen LogP contribution is -2.54. The first-order chi connectivity index (χ1) is 16.3. The first-order valence-electron chi connectivity index (χ1n) is 10.5. The van der Waals surface area contributed by atoms with Crippen molar-refractivity contribution < 1.29 is 38.2 Å². The van der Waals surface area contributed by atoms with E-state index in [1.54, 1.807) is 0 Å². The van der Waals surface area contributed by atoms with E-state index in [1.807, 2.05) is 11.9 Å². The molecule has 1 aromatic carbocycles. The van der Waals surface area contributed by atoms with Gasteiger partial charge in [0.25, 0.3) is 18.3 Å². The number of nitrogens with zero attached hydrogens (tertiary/aromatic N) is 2. The SMILES string of the molecule is CN(CCN)CCNC(=O)C(OC=O)Oc1ccc2c(c1)C(=O)N(C1CCC(=O)NC1=O)C2=O. The van der Waals surface area contributed by atoms with Gasteiger partial charge in [0.15, 0.2) is 0 Å². The van der Waals surface area contributed by atoms with Gasteiger partial charge in [-0.2, -0.15) is 0 Å². The molecule has 1 saturated heterocycles. The molecule has 13 nitrogen and oxygen atoms in total. The highest BCUT2D eigenvalue weighted by Gasteiger charge is 2.44. The summed E-state index contributed by atoms with van der Waals surface area (Å²) in [5.41, 5.74) is 5.47. The molecule has 2 unspecified atom stereocenters. The topological polar surface area (TPSA) is 177 Å². The first kappa shape index (κ1) is 24.8. The lowest BCUT2D eigenvalue weighted by molar-refractivity contribution is -0.162. The maximum absolute atomic E-state index is 12.9. The monoisotopic (exact) mass is 475 g/mol. The number of benzene rings is 1. The standard InChI is InChI=1S/C21H25N5O8/c1-25(8-6-22)9-7-23-18(30)21(33-11-27)34-12-2-3-13-14(10-12)20(32)26(19(13)31)15-4-5-16(28)24-17(15)29/h2-3,10-11,15,21H,4-9,22H2,1H3,(H,23,30)(H,24,28,29). The Hall–Kier alpha value is -3.84. The van der Waals surface area contributed by atoms with Crippen molar-refractivity contribution in [2.75, 3.05) is 33.2 Å². The maximum Gasteiger partial charge on any atom is 0.323 e. The molecule has 34 heavy (non-hydrogen) atoms. The molecule has 13 heteroatoms. The summed E-state index contributed by atoms with van der Waals surface area (Å²) >= 11 is 0. The van der Waals surface area contributed by atoms with Gasteiger partial charge in [-0.3, -0.25) is 39.0 Å². The number of hydrogen-bond donors (Lipinski definition) is 3. The lowest BCUT2D eigenvalue weighted by Gasteiger charge is -2.27. The summed E-state index contributed by atoms with van der Waals surface area (Å²) in [6, 6.07) is 2.77. The van der Waals surface area contributed by atoms with Crippen LogP contribution in [-0.4, -0.2) is 91.4 Å². The minimum absolute atomic E-state index is 0.0000121. The van der Waals surface area contributed by atoms with Gasteiger partial charge in [-0.25, -0.2) is 0 Å². The van der Waals surface area contributed by atoms with Crippen molar-refractivity contribution in [1.82, 2.24) is 20.4 Å². The molecule has 2 atom stereocenters. The Bertz CT molecular complexity index is 1010. The average molecular weight is 475 g/mol.